The maximum atomic E-state index is 14.0. The number of carbonyl (C=O) groups is 1. The van der Waals surface area contributed by atoms with Crippen LogP contribution in [0, 0.1) is 17.1 Å². The lowest BCUT2D eigenvalue weighted by molar-refractivity contribution is -0.138. The lowest BCUT2D eigenvalue weighted by Gasteiger charge is -2.11. The van der Waals surface area contributed by atoms with Crippen LogP contribution in [-0.2, 0) is 19.6 Å². The Balaban J connectivity index is 3.19. The quantitative estimate of drug-likeness (QED) is 0.213. The van der Waals surface area contributed by atoms with E-state index in [2.05, 4.69) is 14.6 Å². The Hall–Kier alpha value is -3.14. The maximum Gasteiger partial charge on any atom is 0.418 e. The number of nitrogens with zero attached hydrogens (tertiary/aromatic N) is 2. The molecule has 0 aliphatic carbocycles. The predicted octanol–water partition coefficient (Wildman–Crippen LogP) is 2.91. The molecular formula is C16H16F4N4O4S. The Labute approximate surface area is 163 Å². The van der Waals surface area contributed by atoms with Crippen LogP contribution in [-0.4, -0.2) is 39.1 Å². The van der Waals surface area contributed by atoms with E-state index in [4.69, 9.17) is 5.26 Å². The summed E-state index contributed by atoms with van der Waals surface area (Å²) >= 11 is 0. The summed E-state index contributed by atoms with van der Waals surface area (Å²) in [6.07, 6.45) is -4.54. The minimum atomic E-state index is -4.94. The van der Waals surface area contributed by atoms with Gasteiger partial charge in [-0.1, -0.05) is 0 Å². The topological polar surface area (TPSA) is 121 Å². The zero-order valence-electron chi connectivity index (χ0n) is 15.2. The van der Waals surface area contributed by atoms with Crippen molar-refractivity contribution in [3.8, 4) is 6.07 Å². The summed E-state index contributed by atoms with van der Waals surface area (Å²) in [7, 11) is -3.81. The molecule has 1 aromatic rings. The molecule has 1 rings (SSSR count). The highest BCUT2D eigenvalue weighted by atomic mass is 32.2. The molecule has 0 radical (unpaired) electrons. The van der Waals surface area contributed by atoms with Crippen LogP contribution in [0.3, 0.4) is 0 Å². The number of rotatable bonds is 8. The second-order valence-electron chi connectivity index (χ2n) is 5.21. The largest absolute Gasteiger partial charge is 0.463 e. The fraction of sp³-hybridized carbons (Fsp3) is 0.312. The van der Waals surface area contributed by atoms with E-state index in [1.165, 1.54) is 13.8 Å². The smallest absolute Gasteiger partial charge is 0.418 e. The van der Waals surface area contributed by atoms with Gasteiger partial charge in [-0.15, -0.1) is 0 Å². The third-order valence-electron chi connectivity index (χ3n) is 3.15. The van der Waals surface area contributed by atoms with Crippen LogP contribution in [0.25, 0.3) is 0 Å². The second-order valence-corrected chi connectivity index (χ2v) is 7.23. The Morgan fingerprint density at radius 1 is 1.31 bits per heavy atom. The Morgan fingerprint density at radius 2 is 1.97 bits per heavy atom. The molecule has 0 fully saturated rings. The van der Waals surface area contributed by atoms with E-state index < -0.39 is 39.2 Å². The van der Waals surface area contributed by atoms with E-state index in [0.29, 0.717) is 6.07 Å². The highest BCUT2D eigenvalue weighted by molar-refractivity contribution is 7.92. The van der Waals surface area contributed by atoms with Crippen molar-refractivity contribution < 1.29 is 35.5 Å². The van der Waals surface area contributed by atoms with Gasteiger partial charge in [0.1, 0.15) is 11.9 Å². The summed E-state index contributed by atoms with van der Waals surface area (Å²) in [5.41, 5.74) is -0.628. The van der Waals surface area contributed by atoms with Crippen molar-refractivity contribution in [2.24, 2.45) is 5.10 Å². The number of ether oxygens (including phenoxy) is 1. The number of carbonyl (C=O) groups excluding carboxylic acids is 1. The number of halogens is 4. The Kier molecular flexibility index (Phi) is 8.14. The molecule has 0 atom stereocenters. The van der Waals surface area contributed by atoms with Gasteiger partial charge < -0.3 is 4.74 Å². The first-order valence-electron chi connectivity index (χ1n) is 7.92. The number of allylic oxidation sites excluding steroid dienone is 1. The number of nitriles is 1. The standard InChI is InChI=1S/C16H16F4N4O4S/c1-3-28-15(25)6-11(16(18,19)20)9-22-23-14-7-13(24-29(26,27)4-2)10(8-21)5-12(14)17/h5-7,9,23-24H,3-4H2,1-2H3/b11-6+,22-9+. The molecule has 158 valence electrons. The number of sulfonamides is 1. The van der Waals surface area contributed by atoms with Crippen molar-refractivity contribution in [3.05, 3.63) is 35.2 Å². The summed E-state index contributed by atoms with van der Waals surface area (Å²) < 4.78 is 82.6. The van der Waals surface area contributed by atoms with Crippen LogP contribution in [0.2, 0.25) is 0 Å². The lowest BCUT2D eigenvalue weighted by Crippen LogP contribution is -2.16. The molecule has 0 aliphatic rings. The van der Waals surface area contributed by atoms with E-state index in [1.54, 1.807) is 6.07 Å². The number of alkyl halides is 3. The molecule has 0 heterocycles. The lowest BCUT2D eigenvalue weighted by atomic mass is 10.2. The first-order chi connectivity index (χ1) is 13.4. The van der Waals surface area contributed by atoms with Gasteiger partial charge in [0.2, 0.25) is 10.0 Å². The number of hydrogen-bond acceptors (Lipinski definition) is 7. The van der Waals surface area contributed by atoms with E-state index in [1.807, 2.05) is 5.43 Å². The van der Waals surface area contributed by atoms with Gasteiger partial charge in [-0.25, -0.2) is 17.6 Å². The average Bonchev–Trinajstić information content (AvgIpc) is 2.62. The molecule has 0 amide bonds. The van der Waals surface area contributed by atoms with Gasteiger partial charge in [0, 0.05) is 6.08 Å². The van der Waals surface area contributed by atoms with Crippen LogP contribution < -0.4 is 10.1 Å². The summed E-state index contributed by atoms with van der Waals surface area (Å²) in [6.45, 7) is 2.60. The number of nitrogens with one attached hydrogen (secondary N) is 2. The zero-order valence-corrected chi connectivity index (χ0v) is 16.0. The summed E-state index contributed by atoms with van der Waals surface area (Å²) in [5.74, 6) is -2.64. The molecular weight excluding hydrogens is 420 g/mol. The molecule has 0 unspecified atom stereocenters. The number of hydrazone groups is 1. The fourth-order valence-corrected chi connectivity index (χ4v) is 2.40. The van der Waals surface area contributed by atoms with Gasteiger partial charge in [0.15, 0.2) is 0 Å². The van der Waals surface area contributed by atoms with Crippen LogP contribution in [0.15, 0.2) is 28.9 Å². The third kappa shape index (κ3) is 7.41. The second kappa shape index (κ2) is 9.87. The van der Waals surface area contributed by atoms with E-state index in [-0.39, 0.29) is 35.9 Å². The normalized spacial score (nSPS) is 12.5. The number of esters is 1. The van der Waals surface area contributed by atoms with Crippen molar-refractivity contribution in [1.82, 2.24) is 0 Å². The summed E-state index contributed by atoms with van der Waals surface area (Å²) in [4.78, 5) is 11.2. The van der Waals surface area contributed by atoms with Crippen LogP contribution >= 0.6 is 0 Å². The number of benzene rings is 1. The van der Waals surface area contributed by atoms with Crippen molar-refractivity contribution in [1.29, 1.82) is 5.26 Å². The fourth-order valence-electron chi connectivity index (χ4n) is 1.75. The highest BCUT2D eigenvalue weighted by Gasteiger charge is 2.33. The molecule has 0 bridgehead atoms. The van der Waals surface area contributed by atoms with Gasteiger partial charge in [-0.05, 0) is 26.0 Å². The molecule has 0 aliphatic heterocycles. The SMILES string of the molecule is CCOC(=O)/C=C(\C=N\Nc1cc(NS(=O)(=O)CC)c(C#N)cc1F)C(F)(F)F. The average molecular weight is 436 g/mol. The Bertz CT molecular complexity index is 966. The Morgan fingerprint density at radius 3 is 2.48 bits per heavy atom. The van der Waals surface area contributed by atoms with Crippen LogP contribution in [0.1, 0.15) is 19.4 Å². The zero-order chi connectivity index (χ0) is 22.2. The van der Waals surface area contributed by atoms with Crippen molar-refractivity contribution in [2.75, 3.05) is 22.5 Å². The molecule has 8 nitrogen and oxygen atoms in total. The van der Waals surface area contributed by atoms with E-state index >= 15 is 0 Å². The summed E-state index contributed by atoms with van der Waals surface area (Å²) in [6, 6.07) is 3.14. The molecule has 0 spiro atoms. The predicted molar refractivity (Wildman–Crippen MR) is 97.1 cm³/mol. The van der Waals surface area contributed by atoms with Crippen LogP contribution in [0.4, 0.5) is 28.9 Å². The molecule has 0 saturated carbocycles. The minimum Gasteiger partial charge on any atom is -0.463 e. The summed E-state index contributed by atoms with van der Waals surface area (Å²) in [5, 5.41) is 12.2. The van der Waals surface area contributed by atoms with Gasteiger partial charge >= 0.3 is 12.1 Å². The van der Waals surface area contributed by atoms with Crippen molar-refractivity contribution >= 4 is 33.6 Å². The highest BCUT2D eigenvalue weighted by Crippen LogP contribution is 2.26. The van der Waals surface area contributed by atoms with E-state index in [0.717, 1.165) is 6.07 Å². The first kappa shape index (κ1) is 23.9. The van der Waals surface area contributed by atoms with Crippen LogP contribution in [0.5, 0.6) is 0 Å². The molecule has 1 aromatic carbocycles. The maximum absolute atomic E-state index is 14.0. The van der Waals surface area contributed by atoms with Gasteiger partial charge in [-0.3, -0.25) is 10.1 Å². The molecule has 0 saturated heterocycles. The first-order valence-corrected chi connectivity index (χ1v) is 9.57. The monoisotopic (exact) mass is 436 g/mol. The molecule has 2 N–H and O–H groups in total. The van der Waals surface area contributed by atoms with Gasteiger partial charge in [-0.2, -0.15) is 23.5 Å². The molecule has 13 heteroatoms. The van der Waals surface area contributed by atoms with E-state index in [9.17, 15) is 30.8 Å². The third-order valence-corrected chi connectivity index (χ3v) is 4.44. The molecule has 0 aromatic heterocycles. The van der Waals surface area contributed by atoms with Crippen molar-refractivity contribution in [2.45, 2.75) is 20.0 Å². The number of anilines is 2. The molecule has 29 heavy (non-hydrogen) atoms. The van der Waals surface area contributed by atoms with Gasteiger partial charge in [0.25, 0.3) is 0 Å². The minimum absolute atomic E-state index is 0.136. The number of hydrogen-bond donors (Lipinski definition) is 2. The van der Waals surface area contributed by atoms with Gasteiger partial charge in [0.05, 0.1) is 41.1 Å². The van der Waals surface area contributed by atoms with Crippen molar-refractivity contribution in [3.63, 3.8) is 0 Å².